The van der Waals surface area contributed by atoms with Crippen LogP contribution in [0.1, 0.15) is 46.5 Å². The molecule has 3 aromatic rings. The molecule has 0 atom stereocenters. The lowest BCUT2D eigenvalue weighted by Gasteiger charge is -2.31. The Morgan fingerprint density at radius 3 is 2.46 bits per heavy atom. The summed E-state index contributed by atoms with van der Waals surface area (Å²) in [6, 6.07) is 1.78. The van der Waals surface area contributed by atoms with E-state index in [2.05, 4.69) is 9.97 Å². The number of rotatable bonds is 2. The van der Waals surface area contributed by atoms with E-state index in [4.69, 9.17) is 4.42 Å². The van der Waals surface area contributed by atoms with Gasteiger partial charge < -0.3 is 14.3 Å². The highest BCUT2D eigenvalue weighted by molar-refractivity contribution is 5.95. The summed E-state index contributed by atoms with van der Waals surface area (Å²) in [7, 11) is 3.06. The zero-order chi connectivity index (χ0) is 20.2. The molecule has 1 amide bonds. The van der Waals surface area contributed by atoms with Gasteiger partial charge in [0.25, 0.3) is 11.5 Å². The van der Waals surface area contributed by atoms with E-state index in [-0.39, 0.29) is 17.4 Å². The van der Waals surface area contributed by atoms with Crippen molar-refractivity contribution in [1.29, 1.82) is 0 Å². The lowest BCUT2D eigenvalue weighted by atomic mass is 9.95. The third kappa shape index (κ3) is 2.78. The SMILES string of the molecule is Cc1cc(C(=O)N2CCC(c3nc4c([nH]3)c(=O)n(C)c(=O)n4C)CC2)c(C)o1. The molecule has 0 saturated carbocycles. The number of imidazole rings is 1. The Hall–Kier alpha value is -3.10. The summed E-state index contributed by atoms with van der Waals surface area (Å²) < 4.78 is 7.91. The minimum absolute atomic E-state index is 0.0197. The number of carbonyl (C=O) groups excluding carboxylic acids is 1. The number of hydrogen-bond donors (Lipinski definition) is 1. The number of fused-ring (bicyclic) bond motifs is 1. The first-order chi connectivity index (χ1) is 13.3. The summed E-state index contributed by atoms with van der Waals surface area (Å²) in [5.41, 5.74) is 0.531. The molecule has 0 aliphatic carbocycles. The van der Waals surface area contributed by atoms with Crippen LogP contribution in [0.15, 0.2) is 20.1 Å². The Balaban J connectivity index is 1.56. The van der Waals surface area contributed by atoms with Gasteiger partial charge in [-0.2, -0.15) is 0 Å². The van der Waals surface area contributed by atoms with E-state index in [1.807, 2.05) is 11.8 Å². The molecule has 9 nitrogen and oxygen atoms in total. The molecule has 1 N–H and O–H groups in total. The van der Waals surface area contributed by atoms with E-state index >= 15 is 0 Å². The minimum atomic E-state index is -0.401. The standard InChI is InChI=1S/C19H23N5O4/c1-10-9-13(11(2)28-10)17(25)24-7-5-12(6-8-24)15-20-14-16(21-15)22(3)19(27)23(4)18(14)26/h9,12H,5-8H2,1-4H3,(H,20,21). The molecule has 28 heavy (non-hydrogen) atoms. The van der Waals surface area contributed by atoms with E-state index in [1.54, 1.807) is 20.0 Å². The van der Waals surface area contributed by atoms with Crippen molar-refractivity contribution in [1.82, 2.24) is 24.0 Å². The van der Waals surface area contributed by atoms with Gasteiger partial charge in [-0.25, -0.2) is 9.78 Å². The van der Waals surface area contributed by atoms with Crippen LogP contribution in [0.5, 0.6) is 0 Å². The molecule has 1 fully saturated rings. The van der Waals surface area contributed by atoms with Crippen LogP contribution in [0.4, 0.5) is 0 Å². The van der Waals surface area contributed by atoms with Crippen LogP contribution >= 0.6 is 0 Å². The summed E-state index contributed by atoms with van der Waals surface area (Å²) in [6.45, 7) is 4.82. The van der Waals surface area contributed by atoms with Gasteiger partial charge >= 0.3 is 5.69 Å². The number of piperidine rings is 1. The van der Waals surface area contributed by atoms with Gasteiger partial charge in [-0.05, 0) is 32.8 Å². The van der Waals surface area contributed by atoms with Crippen molar-refractivity contribution in [3.63, 3.8) is 0 Å². The van der Waals surface area contributed by atoms with Crippen LogP contribution in [0.25, 0.3) is 11.2 Å². The van der Waals surface area contributed by atoms with Gasteiger partial charge in [0, 0.05) is 33.1 Å². The van der Waals surface area contributed by atoms with Crippen molar-refractivity contribution in [3.05, 3.63) is 49.8 Å². The zero-order valence-electron chi connectivity index (χ0n) is 16.4. The van der Waals surface area contributed by atoms with E-state index in [0.717, 1.165) is 23.2 Å². The first kappa shape index (κ1) is 18.3. The van der Waals surface area contributed by atoms with Crippen molar-refractivity contribution in [2.45, 2.75) is 32.6 Å². The Morgan fingerprint density at radius 1 is 1.18 bits per heavy atom. The van der Waals surface area contributed by atoms with Gasteiger partial charge in [0.2, 0.25) is 0 Å². The maximum absolute atomic E-state index is 12.7. The monoisotopic (exact) mass is 385 g/mol. The Bertz CT molecular complexity index is 1190. The molecule has 1 saturated heterocycles. The molecule has 0 radical (unpaired) electrons. The maximum atomic E-state index is 12.7. The summed E-state index contributed by atoms with van der Waals surface area (Å²) in [5.74, 6) is 2.14. The van der Waals surface area contributed by atoms with Gasteiger partial charge in [-0.3, -0.25) is 18.7 Å². The third-order valence-electron chi connectivity index (χ3n) is 5.55. The smallest absolute Gasteiger partial charge is 0.332 e. The lowest BCUT2D eigenvalue weighted by molar-refractivity contribution is 0.0709. The molecular weight excluding hydrogens is 362 g/mol. The Morgan fingerprint density at radius 2 is 1.86 bits per heavy atom. The molecule has 9 heteroatoms. The van der Waals surface area contributed by atoms with Crippen LogP contribution < -0.4 is 11.2 Å². The number of aromatic amines is 1. The Labute approximate surface area is 160 Å². The molecule has 3 aromatic heterocycles. The molecule has 1 aliphatic heterocycles. The summed E-state index contributed by atoms with van der Waals surface area (Å²) in [6.07, 6.45) is 1.46. The van der Waals surface area contributed by atoms with E-state index < -0.39 is 5.69 Å². The number of carbonyl (C=O) groups is 1. The van der Waals surface area contributed by atoms with E-state index in [1.165, 1.54) is 11.6 Å². The summed E-state index contributed by atoms with van der Waals surface area (Å²) in [4.78, 5) is 46.6. The predicted octanol–water partition coefficient (Wildman–Crippen LogP) is 1.19. The first-order valence-electron chi connectivity index (χ1n) is 9.30. The van der Waals surface area contributed by atoms with Gasteiger partial charge in [-0.1, -0.05) is 0 Å². The van der Waals surface area contributed by atoms with Crippen LogP contribution in [0, 0.1) is 13.8 Å². The predicted molar refractivity (Wildman–Crippen MR) is 103 cm³/mol. The van der Waals surface area contributed by atoms with E-state index in [0.29, 0.717) is 41.4 Å². The summed E-state index contributed by atoms with van der Waals surface area (Å²) >= 11 is 0. The highest BCUT2D eigenvalue weighted by Crippen LogP contribution is 2.28. The second kappa shape index (κ2) is 6.50. The third-order valence-corrected chi connectivity index (χ3v) is 5.55. The highest BCUT2D eigenvalue weighted by atomic mass is 16.3. The topological polar surface area (TPSA) is 106 Å². The Kier molecular flexibility index (Phi) is 4.24. The number of hydrogen-bond acceptors (Lipinski definition) is 5. The second-order valence-electron chi connectivity index (χ2n) is 7.42. The van der Waals surface area contributed by atoms with Crippen molar-refractivity contribution in [2.24, 2.45) is 14.1 Å². The quantitative estimate of drug-likeness (QED) is 0.713. The molecule has 0 unspecified atom stereocenters. The van der Waals surface area contributed by atoms with Crippen molar-refractivity contribution < 1.29 is 9.21 Å². The zero-order valence-corrected chi connectivity index (χ0v) is 16.4. The fourth-order valence-electron chi connectivity index (χ4n) is 3.91. The summed E-state index contributed by atoms with van der Waals surface area (Å²) in [5, 5.41) is 0. The van der Waals surface area contributed by atoms with E-state index in [9.17, 15) is 14.4 Å². The van der Waals surface area contributed by atoms with Crippen molar-refractivity contribution in [2.75, 3.05) is 13.1 Å². The molecular formula is C19H23N5O4. The fourth-order valence-corrected chi connectivity index (χ4v) is 3.91. The maximum Gasteiger partial charge on any atom is 0.332 e. The van der Waals surface area contributed by atoms with Crippen molar-refractivity contribution >= 4 is 17.1 Å². The number of aromatic nitrogens is 4. The molecule has 0 spiro atoms. The number of furan rings is 1. The van der Waals surface area contributed by atoms with Gasteiger partial charge in [-0.15, -0.1) is 0 Å². The number of nitrogens with zero attached hydrogens (tertiary/aromatic N) is 4. The van der Waals surface area contributed by atoms with Crippen LogP contribution in [-0.2, 0) is 14.1 Å². The van der Waals surface area contributed by atoms with Crippen LogP contribution in [0.2, 0.25) is 0 Å². The normalized spacial score (nSPS) is 15.5. The van der Waals surface area contributed by atoms with Gasteiger partial charge in [0.05, 0.1) is 5.56 Å². The number of amides is 1. The lowest BCUT2D eigenvalue weighted by Crippen LogP contribution is -2.38. The minimum Gasteiger partial charge on any atom is -0.466 e. The molecule has 0 aromatic carbocycles. The molecule has 1 aliphatic rings. The molecule has 4 heterocycles. The van der Waals surface area contributed by atoms with Gasteiger partial charge in [0.1, 0.15) is 22.9 Å². The van der Waals surface area contributed by atoms with Gasteiger partial charge in [0.15, 0.2) is 5.65 Å². The van der Waals surface area contributed by atoms with Crippen LogP contribution in [0.3, 0.4) is 0 Å². The fraction of sp³-hybridized carbons (Fsp3) is 0.474. The largest absolute Gasteiger partial charge is 0.466 e. The number of H-pyrrole nitrogens is 1. The molecule has 4 rings (SSSR count). The number of aryl methyl sites for hydroxylation is 3. The highest BCUT2D eigenvalue weighted by Gasteiger charge is 2.28. The van der Waals surface area contributed by atoms with Crippen LogP contribution in [-0.4, -0.2) is 43.0 Å². The molecule has 148 valence electrons. The average Bonchev–Trinajstić information content (AvgIpc) is 3.27. The number of likely N-dealkylation sites (tertiary alicyclic amines) is 1. The van der Waals surface area contributed by atoms with Crippen molar-refractivity contribution in [3.8, 4) is 0 Å². The first-order valence-corrected chi connectivity index (χ1v) is 9.30. The average molecular weight is 385 g/mol. The molecule has 0 bridgehead atoms. The second-order valence-corrected chi connectivity index (χ2v) is 7.42. The number of nitrogens with one attached hydrogen (secondary N) is 1.